The Morgan fingerprint density at radius 1 is 1.28 bits per heavy atom. The number of nitrogens with one attached hydrogen (secondary N) is 1. The second-order valence-corrected chi connectivity index (χ2v) is 9.23. The first-order valence-corrected chi connectivity index (χ1v) is 10.1. The molecule has 2 fully saturated rings. The minimum absolute atomic E-state index is 0.167. The number of likely N-dealkylation sites (tertiary alicyclic amines) is 1. The number of aliphatic hydroxyl groups is 1. The zero-order valence-corrected chi connectivity index (χ0v) is 15.7. The van der Waals surface area contributed by atoms with Crippen LogP contribution in [0.25, 0.3) is 0 Å². The summed E-state index contributed by atoms with van der Waals surface area (Å²) in [6.07, 6.45) is 2.73. The summed E-state index contributed by atoms with van der Waals surface area (Å²) < 4.78 is 27.1. The molecule has 0 aromatic heterocycles. The van der Waals surface area contributed by atoms with E-state index in [0.717, 1.165) is 25.1 Å². The molecule has 0 unspecified atom stereocenters. The number of rotatable bonds is 6. The number of sulfonamides is 1. The lowest BCUT2D eigenvalue weighted by Crippen LogP contribution is -2.59. The predicted octanol–water partition coefficient (Wildman–Crippen LogP) is 1.56. The lowest BCUT2D eigenvalue weighted by molar-refractivity contribution is 0.0812. The van der Waals surface area contributed by atoms with Crippen molar-refractivity contribution in [3.63, 3.8) is 0 Å². The number of aliphatic hydroxyl groups excluding tert-OH is 1. The molecule has 0 radical (unpaired) electrons. The van der Waals surface area contributed by atoms with Crippen molar-refractivity contribution in [2.24, 2.45) is 5.41 Å². The highest BCUT2D eigenvalue weighted by Crippen LogP contribution is 2.41. The average Bonchev–Trinajstić information content (AvgIpc) is 2.96. The molecule has 1 spiro atoms. The molecule has 2 aliphatic heterocycles. The molecule has 7 heteroatoms. The highest BCUT2D eigenvalue weighted by molar-refractivity contribution is 7.89. The van der Waals surface area contributed by atoms with Crippen molar-refractivity contribution < 1.29 is 13.5 Å². The first-order valence-electron chi connectivity index (χ1n) is 8.67. The van der Waals surface area contributed by atoms with Gasteiger partial charge in [0.2, 0.25) is 10.0 Å². The third-order valence-electron chi connectivity index (χ3n) is 5.18. The summed E-state index contributed by atoms with van der Waals surface area (Å²) in [7, 11) is -1.30. The van der Waals surface area contributed by atoms with Gasteiger partial charge >= 0.3 is 0 Å². The van der Waals surface area contributed by atoms with Gasteiger partial charge in [-0.3, -0.25) is 0 Å². The van der Waals surface area contributed by atoms with Gasteiger partial charge in [0.25, 0.3) is 0 Å². The van der Waals surface area contributed by atoms with Crippen LogP contribution in [0.1, 0.15) is 18.9 Å². The number of benzene rings is 1. The number of hydrogen-bond acceptors (Lipinski definition) is 5. The van der Waals surface area contributed by atoms with Gasteiger partial charge in [0.1, 0.15) is 5.76 Å². The van der Waals surface area contributed by atoms with Crippen molar-refractivity contribution in [1.29, 1.82) is 0 Å². The van der Waals surface area contributed by atoms with Gasteiger partial charge in [0, 0.05) is 31.6 Å². The molecule has 2 aliphatic rings. The van der Waals surface area contributed by atoms with E-state index in [9.17, 15) is 13.5 Å². The fraction of sp³-hybridized carbons (Fsp3) is 0.556. The van der Waals surface area contributed by atoms with Crippen molar-refractivity contribution in [2.45, 2.75) is 24.8 Å². The van der Waals surface area contributed by atoms with E-state index in [1.54, 1.807) is 29.4 Å². The van der Waals surface area contributed by atoms with Gasteiger partial charge in [-0.15, -0.1) is 0 Å². The molecule has 2 saturated heterocycles. The van der Waals surface area contributed by atoms with Crippen LogP contribution in [0.15, 0.2) is 41.0 Å². The molecule has 0 bridgehead atoms. The highest BCUT2D eigenvalue weighted by Gasteiger charge is 2.50. The molecule has 3 rings (SSSR count). The Hall–Kier alpha value is -1.41. The van der Waals surface area contributed by atoms with Crippen molar-refractivity contribution in [2.75, 3.05) is 39.8 Å². The second kappa shape index (κ2) is 7.07. The van der Waals surface area contributed by atoms with Gasteiger partial charge < -0.3 is 15.3 Å². The van der Waals surface area contributed by atoms with Gasteiger partial charge in [-0.05, 0) is 50.7 Å². The van der Waals surface area contributed by atoms with Crippen LogP contribution in [-0.4, -0.2) is 62.5 Å². The van der Waals surface area contributed by atoms with Gasteiger partial charge in [0.15, 0.2) is 0 Å². The zero-order valence-electron chi connectivity index (χ0n) is 14.9. The minimum atomic E-state index is -3.39. The Kier molecular flexibility index (Phi) is 5.20. The Morgan fingerprint density at radius 3 is 2.52 bits per heavy atom. The van der Waals surface area contributed by atoms with Gasteiger partial charge in [0.05, 0.1) is 11.4 Å². The smallest absolute Gasteiger partial charge is 0.243 e. The molecule has 2 N–H and O–H groups in total. The fourth-order valence-electron chi connectivity index (χ4n) is 3.65. The van der Waals surface area contributed by atoms with Crippen LogP contribution in [-0.2, 0) is 16.6 Å². The normalized spacial score (nSPS) is 21.6. The Labute approximate surface area is 150 Å². The molecule has 2 heterocycles. The summed E-state index contributed by atoms with van der Waals surface area (Å²) in [5, 5.41) is 12.5. The fourth-order valence-corrected chi connectivity index (χ4v) is 5.32. The van der Waals surface area contributed by atoms with Crippen molar-refractivity contribution >= 4 is 10.0 Å². The lowest BCUT2D eigenvalue weighted by atomic mass is 9.81. The summed E-state index contributed by atoms with van der Waals surface area (Å²) in [6, 6.07) is 7.00. The summed E-state index contributed by atoms with van der Waals surface area (Å²) >= 11 is 0. The minimum Gasteiger partial charge on any atom is -0.511 e. The lowest BCUT2D eigenvalue weighted by Gasteiger charge is -2.46. The van der Waals surface area contributed by atoms with E-state index in [1.807, 2.05) is 12.1 Å². The standard InChI is InChI=1S/C18H27N3O3S/c1-3-16(22)11-19-10-15-4-6-17(7-5-15)25(23,24)21-13-18(14-21)8-9-20(2)12-18/h3-7,19,22H,8-14H2,1-2H3/b16-3-. The molecule has 0 aliphatic carbocycles. The van der Waals surface area contributed by atoms with E-state index in [1.165, 1.54) is 0 Å². The van der Waals surface area contributed by atoms with Crippen molar-refractivity contribution in [3.05, 3.63) is 41.7 Å². The van der Waals surface area contributed by atoms with E-state index in [4.69, 9.17) is 0 Å². The van der Waals surface area contributed by atoms with Crippen molar-refractivity contribution in [1.82, 2.24) is 14.5 Å². The monoisotopic (exact) mass is 365 g/mol. The Morgan fingerprint density at radius 2 is 1.96 bits per heavy atom. The summed E-state index contributed by atoms with van der Waals surface area (Å²) in [6.45, 7) is 6.07. The first-order chi connectivity index (χ1) is 11.8. The van der Waals surface area contributed by atoms with Crippen LogP contribution in [0.5, 0.6) is 0 Å². The largest absolute Gasteiger partial charge is 0.511 e. The van der Waals surface area contributed by atoms with Crippen LogP contribution in [0, 0.1) is 5.41 Å². The Bertz CT molecular complexity index is 737. The maximum Gasteiger partial charge on any atom is 0.243 e. The maximum atomic E-state index is 12.7. The van der Waals surface area contributed by atoms with Crippen molar-refractivity contribution in [3.8, 4) is 0 Å². The zero-order chi connectivity index (χ0) is 18.1. The molecule has 6 nitrogen and oxygen atoms in total. The number of nitrogens with zero attached hydrogens (tertiary/aromatic N) is 2. The predicted molar refractivity (Wildman–Crippen MR) is 97.8 cm³/mol. The topological polar surface area (TPSA) is 72.9 Å². The van der Waals surface area contributed by atoms with Crippen LogP contribution >= 0.6 is 0 Å². The van der Waals surface area contributed by atoms with Crippen LogP contribution in [0.4, 0.5) is 0 Å². The third-order valence-corrected chi connectivity index (χ3v) is 6.99. The van der Waals surface area contributed by atoms with E-state index in [0.29, 0.717) is 36.8 Å². The van der Waals surface area contributed by atoms with Gasteiger partial charge in [-0.1, -0.05) is 12.1 Å². The summed E-state index contributed by atoms with van der Waals surface area (Å²) in [4.78, 5) is 2.63. The van der Waals surface area contributed by atoms with E-state index >= 15 is 0 Å². The van der Waals surface area contributed by atoms with E-state index < -0.39 is 10.0 Å². The summed E-state index contributed by atoms with van der Waals surface area (Å²) in [5.74, 6) is 0.295. The first kappa shape index (κ1) is 18.4. The van der Waals surface area contributed by atoms with Gasteiger partial charge in [-0.25, -0.2) is 8.42 Å². The van der Waals surface area contributed by atoms with Crippen LogP contribution in [0.3, 0.4) is 0 Å². The van der Waals surface area contributed by atoms with Crippen LogP contribution in [0.2, 0.25) is 0 Å². The molecule has 0 saturated carbocycles. The molecule has 0 amide bonds. The molecule has 138 valence electrons. The van der Waals surface area contributed by atoms with E-state index in [2.05, 4.69) is 17.3 Å². The second-order valence-electron chi connectivity index (χ2n) is 7.29. The van der Waals surface area contributed by atoms with Gasteiger partial charge in [-0.2, -0.15) is 4.31 Å². The highest BCUT2D eigenvalue weighted by atomic mass is 32.2. The quantitative estimate of drug-likeness (QED) is 0.749. The molecular formula is C18H27N3O3S. The molecule has 25 heavy (non-hydrogen) atoms. The van der Waals surface area contributed by atoms with E-state index in [-0.39, 0.29) is 5.41 Å². The third kappa shape index (κ3) is 3.89. The molecule has 1 aromatic carbocycles. The molecule has 0 atom stereocenters. The maximum absolute atomic E-state index is 12.7. The Balaban J connectivity index is 1.58. The SMILES string of the molecule is C/C=C(\O)CNCc1ccc(S(=O)(=O)N2CC3(CCN(C)C3)C2)cc1. The number of hydrogen-bond donors (Lipinski definition) is 2. The summed E-state index contributed by atoms with van der Waals surface area (Å²) in [5.41, 5.74) is 1.15. The molecular weight excluding hydrogens is 338 g/mol. The van der Waals surface area contributed by atoms with Crippen LogP contribution < -0.4 is 5.32 Å². The molecule has 1 aromatic rings. The average molecular weight is 365 g/mol. The number of allylic oxidation sites excluding steroid dienone is 1.